The van der Waals surface area contributed by atoms with E-state index in [0.717, 1.165) is 5.56 Å². The summed E-state index contributed by atoms with van der Waals surface area (Å²) in [5, 5.41) is 2.89. The normalized spacial score (nSPS) is 9.14. The Kier molecular flexibility index (Phi) is 7.43. The van der Waals surface area contributed by atoms with Crippen LogP contribution in [0.5, 0.6) is 0 Å². The summed E-state index contributed by atoms with van der Waals surface area (Å²) in [6, 6.07) is 19.3. The first-order chi connectivity index (χ1) is 10.3. The van der Waals surface area contributed by atoms with E-state index < -0.39 is 5.91 Å². The second-order valence-electron chi connectivity index (χ2n) is 3.89. The van der Waals surface area contributed by atoms with Crippen LogP contribution in [0.2, 0.25) is 0 Å². The van der Waals surface area contributed by atoms with Crippen molar-refractivity contribution in [3.8, 4) is 0 Å². The molecule has 0 spiro atoms. The Labute approximate surface area is 123 Å². The van der Waals surface area contributed by atoms with Crippen LogP contribution in [-0.4, -0.2) is 5.91 Å². The third-order valence-electron chi connectivity index (χ3n) is 2.40. The summed E-state index contributed by atoms with van der Waals surface area (Å²) in [5.74, 6) is -0.591. The molecule has 0 aliphatic carbocycles. The van der Waals surface area contributed by atoms with Crippen LogP contribution in [0.3, 0.4) is 0 Å². The van der Waals surface area contributed by atoms with E-state index in [9.17, 15) is 4.79 Å². The largest absolute Gasteiger partial charge is 0.288 e. The zero-order valence-corrected chi connectivity index (χ0v) is 11.5. The van der Waals surface area contributed by atoms with Crippen molar-refractivity contribution < 1.29 is 4.79 Å². The van der Waals surface area contributed by atoms with E-state index >= 15 is 0 Å². The molecule has 0 unspecified atom stereocenters. The molecule has 0 atom stereocenters. The average molecular weight is 277 g/mol. The lowest BCUT2D eigenvalue weighted by molar-refractivity contribution is -0.113. The second kappa shape index (κ2) is 9.78. The maximum atomic E-state index is 10.7. The fourth-order valence-electron chi connectivity index (χ4n) is 1.40. The molecular weight excluding hydrogens is 262 g/mol. The number of rotatable bonds is 3. The highest BCUT2D eigenvalue weighted by Gasteiger charge is 1.88. The summed E-state index contributed by atoms with van der Waals surface area (Å²) in [6.07, 6.45) is 4.66. The monoisotopic (exact) mass is 277 g/mol. The van der Waals surface area contributed by atoms with Gasteiger partial charge in [-0.1, -0.05) is 79.4 Å². The zero-order valence-electron chi connectivity index (χ0n) is 11.5. The minimum Gasteiger partial charge on any atom is -0.288 e. The fraction of sp³-hybridized carbons (Fsp3) is 0. The van der Waals surface area contributed by atoms with Gasteiger partial charge in [-0.05, 0) is 27.8 Å². The summed E-state index contributed by atoms with van der Waals surface area (Å²) in [4.78, 5) is 13.1. The topological polar surface area (TPSA) is 65.8 Å². The molecule has 0 radical (unpaired) electrons. The molecule has 2 aromatic carbocycles. The highest BCUT2D eigenvalue weighted by atomic mass is 16.1. The smallest absolute Gasteiger partial charge is 0.242 e. The van der Waals surface area contributed by atoms with E-state index in [1.807, 2.05) is 66.7 Å². The summed E-state index contributed by atoms with van der Waals surface area (Å²) in [7, 11) is 0. The Balaban J connectivity index is 0.000000235. The van der Waals surface area contributed by atoms with Crippen LogP contribution in [0.25, 0.3) is 22.6 Å². The van der Waals surface area contributed by atoms with Crippen molar-refractivity contribution in [3.05, 3.63) is 94.9 Å². The second-order valence-corrected chi connectivity index (χ2v) is 3.89. The molecule has 0 bridgehead atoms. The van der Waals surface area contributed by atoms with Crippen molar-refractivity contribution in [2.45, 2.75) is 0 Å². The molecular formula is C17H15N3O. The number of hydrogen-bond acceptors (Lipinski definition) is 1. The van der Waals surface area contributed by atoms with E-state index in [-0.39, 0.29) is 0 Å². The Morgan fingerprint density at radius 3 is 1.95 bits per heavy atom. The minimum absolute atomic E-state index is 0.591. The number of azide groups is 1. The number of nitrogens with zero attached hydrogens (tertiary/aromatic N) is 3. The molecule has 0 saturated heterocycles. The van der Waals surface area contributed by atoms with E-state index in [0.29, 0.717) is 0 Å². The SMILES string of the molecule is C=Cc1ccccc1.[N-]=[N+]=NC(=O)C=Cc1ccccc1. The Morgan fingerprint density at radius 2 is 1.52 bits per heavy atom. The van der Waals surface area contributed by atoms with Crippen molar-refractivity contribution in [3.63, 3.8) is 0 Å². The maximum Gasteiger partial charge on any atom is 0.242 e. The van der Waals surface area contributed by atoms with Crippen molar-refractivity contribution >= 4 is 18.1 Å². The summed E-state index contributed by atoms with van der Waals surface area (Å²) in [6.45, 7) is 3.63. The van der Waals surface area contributed by atoms with Gasteiger partial charge in [-0.25, -0.2) is 0 Å². The highest BCUT2D eigenvalue weighted by molar-refractivity contribution is 5.92. The van der Waals surface area contributed by atoms with E-state index in [2.05, 4.69) is 16.6 Å². The van der Waals surface area contributed by atoms with Crippen LogP contribution in [0.4, 0.5) is 0 Å². The predicted octanol–water partition coefficient (Wildman–Crippen LogP) is 4.87. The minimum atomic E-state index is -0.591. The zero-order chi connectivity index (χ0) is 15.3. The van der Waals surface area contributed by atoms with Gasteiger partial charge in [0.05, 0.1) is 0 Å². The molecule has 4 nitrogen and oxygen atoms in total. The lowest BCUT2D eigenvalue weighted by Gasteiger charge is -1.88. The lowest BCUT2D eigenvalue weighted by atomic mass is 10.2. The van der Waals surface area contributed by atoms with Gasteiger partial charge in [-0.15, -0.1) is 0 Å². The molecule has 0 aliphatic rings. The van der Waals surface area contributed by atoms with Crippen LogP contribution in [0.1, 0.15) is 11.1 Å². The molecule has 1 amide bonds. The highest BCUT2D eigenvalue weighted by Crippen LogP contribution is 2.00. The van der Waals surface area contributed by atoms with Crippen LogP contribution in [0, 0.1) is 0 Å². The molecule has 4 heteroatoms. The first-order valence-corrected chi connectivity index (χ1v) is 6.26. The summed E-state index contributed by atoms with van der Waals surface area (Å²) < 4.78 is 0. The Morgan fingerprint density at radius 1 is 1.00 bits per heavy atom. The van der Waals surface area contributed by atoms with Crippen LogP contribution < -0.4 is 0 Å². The Hall–Kier alpha value is -3.10. The molecule has 2 aromatic rings. The van der Waals surface area contributed by atoms with Gasteiger partial charge in [0.1, 0.15) is 0 Å². The summed E-state index contributed by atoms with van der Waals surface area (Å²) in [5.41, 5.74) is 10.0. The standard InChI is InChI=1S/C9H7N3O.C8H8/c10-12-11-9(13)7-6-8-4-2-1-3-5-8;1-2-8-6-4-3-5-7-8/h1-7H;2-7H,1H2. The fourth-order valence-corrected chi connectivity index (χ4v) is 1.40. The van der Waals surface area contributed by atoms with Crippen LogP contribution >= 0.6 is 0 Å². The quantitative estimate of drug-likeness (QED) is 0.341. The number of benzene rings is 2. The van der Waals surface area contributed by atoms with Crippen molar-refractivity contribution in [2.24, 2.45) is 5.11 Å². The summed E-state index contributed by atoms with van der Waals surface area (Å²) >= 11 is 0. The van der Waals surface area contributed by atoms with E-state index in [1.54, 1.807) is 6.08 Å². The molecule has 0 aliphatic heterocycles. The van der Waals surface area contributed by atoms with Crippen molar-refractivity contribution in [1.82, 2.24) is 0 Å². The number of carbonyl (C=O) groups is 1. The van der Waals surface area contributed by atoms with Crippen LogP contribution in [-0.2, 0) is 4.79 Å². The molecule has 0 N–H and O–H groups in total. The van der Waals surface area contributed by atoms with Gasteiger partial charge < -0.3 is 0 Å². The third-order valence-corrected chi connectivity index (χ3v) is 2.40. The van der Waals surface area contributed by atoms with Gasteiger partial charge in [0, 0.05) is 4.91 Å². The van der Waals surface area contributed by atoms with E-state index in [1.165, 1.54) is 11.6 Å². The molecule has 2 rings (SSSR count). The molecule has 21 heavy (non-hydrogen) atoms. The molecule has 0 heterocycles. The first-order valence-electron chi connectivity index (χ1n) is 6.26. The molecule has 0 saturated carbocycles. The van der Waals surface area contributed by atoms with Gasteiger partial charge in [-0.2, -0.15) is 0 Å². The number of hydrogen-bond donors (Lipinski definition) is 0. The predicted molar refractivity (Wildman–Crippen MR) is 86.2 cm³/mol. The van der Waals surface area contributed by atoms with E-state index in [4.69, 9.17) is 5.53 Å². The Bertz CT molecular complexity index is 642. The van der Waals surface area contributed by atoms with Gasteiger partial charge >= 0.3 is 0 Å². The first kappa shape index (κ1) is 16.0. The number of carbonyl (C=O) groups excluding carboxylic acids is 1. The molecule has 104 valence electrons. The molecule has 0 fully saturated rings. The lowest BCUT2D eigenvalue weighted by Crippen LogP contribution is -1.81. The average Bonchev–Trinajstić information content (AvgIpc) is 2.55. The number of amides is 1. The van der Waals surface area contributed by atoms with Crippen LogP contribution in [0.15, 0.2) is 78.4 Å². The van der Waals surface area contributed by atoms with Gasteiger partial charge in [-0.3, -0.25) is 4.79 Å². The van der Waals surface area contributed by atoms with Gasteiger partial charge in [0.15, 0.2) is 0 Å². The maximum absolute atomic E-state index is 10.7. The molecule has 0 aromatic heterocycles. The van der Waals surface area contributed by atoms with Crippen molar-refractivity contribution in [1.29, 1.82) is 0 Å². The van der Waals surface area contributed by atoms with Gasteiger partial charge in [0.25, 0.3) is 0 Å². The van der Waals surface area contributed by atoms with Crippen molar-refractivity contribution in [2.75, 3.05) is 0 Å². The third kappa shape index (κ3) is 7.15. The van der Waals surface area contributed by atoms with Gasteiger partial charge in [0.2, 0.25) is 5.91 Å².